The molecule has 106 valence electrons. The maximum Gasteiger partial charge on any atom is 0.127 e. The van der Waals surface area contributed by atoms with E-state index in [1.807, 2.05) is 18.2 Å². The minimum atomic E-state index is 0.239. The van der Waals surface area contributed by atoms with Crippen LogP contribution in [0.1, 0.15) is 31.7 Å². The van der Waals surface area contributed by atoms with Gasteiger partial charge in [-0.25, -0.2) is 0 Å². The summed E-state index contributed by atoms with van der Waals surface area (Å²) in [6.45, 7) is 4.32. The van der Waals surface area contributed by atoms with Gasteiger partial charge in [0.15, 0.2) is 0 Å². The lowest BCUT2D eigenvalue weighted by Gasteiger charge is -2.15. The van der Waals surface area contributed by atoms with Crippen LogP contribution in [0, 0.1) is 0 Å². The van der Waals surface area contributed by atoms with E-state index in [2.05, 4.69) is 22.9 Å². The molecular formula is C15H21BrO3. The van der Waals surface area contributed by atoms with Crippen molar-refractivity contribution < 1.29 is 14.2 Å². The molecule has 1 saturated heterocycles. The lowest BCUT2D eigenvalue weighted by atomic mass is 10.2. The van der Waals surface area contributed by atoms with Gasteiger partial charge in [0.25, 0.3) is 0 Å². The second-order valence-electron chi connectivity index (χ2n) is 4.70. The highest BCUT2D eigenvalue weighted by molar-refractivity contribution is 9.08. The van der Waals surface area contributed by atoms with Gasteiger partial charge in [0.2, 0.25) is 0 Å². The SMILES string of the molecule is CCCOc1ccc(CBr)c(OCC2CCCO2)c1. The third-order valence-corrected chi connectivity index (χ3v) is 3.71. The van der Waals surface area contributed by atoms with E-state index >= 15 is 0 Å². The molecule has 0 aliphatic carbocycles. The van der Waals surface area contributed by atoms with Gasteiger partial charge in [-0.2, -0.15) is 0 Å². The molecular weight excluding hydrogens is 308 g/mol. The topological polar surface area (TPSA) is 27.7 Å². The molecule has 1 aromatic carbocycles. The lowest BCUT2D eigenvalue weighted by Crippen LogP contribution is -2.16. The van der Waals surface area contributed by atoms with Crippen LogP contribution < -0.4 is 9.47 Å². The van der Waals surface area contributed by atoms with E-state index in [0.29, 0.717) is 6.61 Å². The van der Waals surface area contributed by atoms with Crippen molar-refractivity contribution in [2.45, 2.75) is 37.6 Å². The molecule has 1 aliphatic rings. The Hall–Kier alpha value is -0.740. The Morgan fingerprint density at radius 2 is 2.26 bits per heavy atom. The van der Waals surface area contributed by atoms with Crippen molar-refractivity contribution in [2.24, 2.45) is 0 Å². The van der Waals surface area contributed by atoms with Crippen LogP contribution in [-0.2, 0) is 10.1 Å². The first kappa shape index (κ1) is 14.7. The molecule has 0 radical (unpaired) electrons. The van der Waals surface area contributed by atoms with Crippen molar-refractivity contribution in [1.29, 1.82) is 0 Å². The van der Waals surface area contributed by atoms with Crippen LogP contribution in [-0.4, -0.2) is 25.9 Å². The minimum absolute atomic E-state index is 0.239. The average molecular weight is 329 g/mol. The van der Waals surface area contributed by atoms with Gasteiger partial charge in [0.05, 0.1) is 12.7 Å². The van der Waals surface area contributed by atoms with Gasteiger partial charge < -0.3 is 14.2 Å². The van der Waals surface area contributed by atoms with Crippen molar-refractivity contribution in [3.8, 4) is 11.5 Å². The highest BCUT2D eigenvalue weighted by Crippen LogP contribution is 2.27. The fourth-order valence-corrected chi connectivity index (χ4v) is 2.51. The van der Waals surface area contributed by atoms with Crippen LogP contribution in [0.15, 0.2) is 18.2 Å². The van der Waals surface area contributed by atoms with Gasteiger partial charge >= 0.3 is 0 Å². The first-order valence-corrected chi connectivity index (χ1v) is 8.01. The third kappa shape index (κ3) is 4.39. The zero-order valence-corrected chi connectivity index (χ0v) is 12.9. The number of rotatable bonds is 7. The number of hydrogen-bond donors (Lipinski definition) is 0. The third-order valence-electron chi connectivity index (χ3n) is 3.10. The summed E-state index contributed by atoms with van der Waals surface area (Å²) in [6, 6.07) is 6.01. The summed E-state index contributed by atoms with van der Waals surface area (Å²) in [5.74, 6) is 1.76. The minimum Gasteiger partial charge on any atom is -0.493 e. The molecule has 0 amide bonds. The first-order valence-electron chi connectivity index (χ1n) is 6.89. The normalized spacial score (nSPS) is 18.5. The predicted octanol–water partition coefficient (Wildman–Crippen LogP) is 3.93. The van der Waals surface area contributed by atoms with E-state index in [-0.39, 0.29) is 6.10 Å². The Kier molecular flexibility index (Phi) is 5.98. The summed E-state index contributed by atoms with van der Waals surface area (Å²) in [5, 5.41) is 0.780. The van der Waals surface area contributed by atoms with Crippen molar-refractivity contribution in [1.82, 2.24) is 0 Å². The van der Waals surface area contributed by atoms with E-state index in [0.717, 1.165) is 54.9 Å². The maximum absolute atomic E-state index is 5.90. The predicted molar refractivity (Wildman–Crippen MR) is 79.3 cm³/mol. The molecule has 2 rings (SSSR count). The number of alkyl halides is 1. The van der Waals surface area contributed by atoms with Gasteiger partial charge in [-0.1, -0.05) is 28.9 Å². The summed E-state index contributed by atoms with van der Waals surface area (Å²) in [7, 11) is 0. The Labute approximate surface area is 123 Å². The van der Waals surface area contributed by atoms with Gasteiger partial charge in [0.1, 0.15) is 18.1 Å². The number of hydrogen-bond acceptors (Lipinski definition) is 3. The standard InChI is InChI=1S/C15H21BrO3/c1-2-7-17-13-6-5-12(10-16)15(9-13)19-11-14-4-3-8-18-14/h5-6,9,14H,2-4,7-8,10-11H2,1H3. The molecule has 0 aromatic heterocycles. The van der Waals surface area contributed by atoms with Crippen LogP contribution in [0.3, 0.4) is 0 Å². The Bertz CT molecular complexity index is 389. The number of halogens is 1. The van der Waals surface area contributed by atoms with E-state index in [4.69, 9.17) is 14.2 Å². The summed E-state index contributed by atoms with van der Waals surface area (Å²) in [6.07, 6.45) is 3.48. The van der Waals surface area contributed by atoms with Gasteiger partial charge in [-0.15, -0.1) is 0 Å². The first-order chi connectivity index (χ1) is 9.33. The molecule has 1 heterocycles. The lowest BCUT2D eigenvalue weighted by molar-refractivity contribution is 0.0676. The maximum atomic E-state index is 5.90. The van der Waals surface area contributed by atoms with Gasteiger partial charge in [0, 0.05) is 23.6 Å². The van der Waals surface area contributed by atoms with Crippen LogP contribution in [0.2, 0.25) is 0 Å². The Morgan fingerprint density at radius 3 is 2.95 bits per heavy atom. The highest BCUT2D eigenvalue weighted by Gasteiger charge is 2.17. The number of benzene rings is 1. The fourth-order valence-electron chi connectivity index (χ4n) is 2.05. The molecule has 0 N–H and O–H groups in total. The Morgan fingerprint density at radius 1 is 1.37 bits per heavy atom. The summed E-state index contributed by atoms with van der Waals surface area (Å²) >= 11 is 3.49. The molecule has 1 aromatic rings. The van der Waals surface area contributed by atoms with Crippen molar-refractivity contribution in [3.05, 3.63) is 23.8 Å². The van der Waals surface area contributed by atoms with E-state index in [1.165, 1.54) is 0 Å². The van der Waals surface area contributed by atoms with E-state index in [9.17, 15) is 0 Å². The molecule has 0 saturated carbocycles. The Balaban J connectivity index is 1.98. The van der Waals surface area contributed by atoms with Crippen LogP contribution in [0.25, 0.3) is 0 Å². The molecule has 19 heavy (non-hydrogen) atoms. The smallest absolute Gasteiger partial charge is 0.127 e. The van der Waals surface area contributed by atoms with Crippen molar-refractivity contribution in [3.63, 3.8) is 0 Å². The molecule has 0 spiro atoms. The van der Waals surface area contributed by atoms with Crippen LogP contribution in [0.5, 0.6) is 11.5 Å². The largest absolute Gasteiger partial charge is 0.493 e. The quantitative estimate of drug-likeness (QED) is 0.710. The highest BCUT2D eigenvalue weighted by atomic mass is 79.9. The zero-order chi connectivity index (χ0) is 13.5. The second kappa shape index (κ2) is 7.75. The second-order valence-corrected chi connectivity index (χ2v) is 5.26. The summed E-state index contributed by atoms with van der Waals surface area (Å²) in [4.78, 5) is 0. The summed E-state index contributed by atoms with van der Waals surface area (Å²) < 4.78 is 17.1. The molecule has 1 fully saturated rings. The molecule has 3 nitrogen and oxygen atoms in total. The molecule has 4 heteroatoms. The zero-order valence-electron chi connectivity index (χ0n) is 11.4. The van der Waals surface area contributed by atoms with Gasteiger partial charge in [-0.3, -0.25) is 0 Å². The van der Waals surface area contributed by atoms with Crippen molar-refractivity contribution in [2.75, 3.05) is 19.8 Å². The van der Waals surface area contributed by atoms with Gasteiger partial charge in [-0.05, 0) is 25.3 Å². The monoisotopic (exact) mass is 328 g/mol. The van der Waals surface area contributed by atoms with Crippen molar-refractivity contribution >= 4 is 15.9 Å². The molecule has 0 bridgehead atoms. The summed E-state index contributed by atoms with van der Waals surface area (Å²) in [5.41, 5.74) is 1.14. The van der Waals surface area contributed by atoms with E-state index in [1.54, 1.807) is 0 Å². The number of ether oxygens (including phenoxy) is 3. The molecule has 1 aliphatic heterocycles. The van der Waals surface area contributed by atoms with Crippen LogP contribution in [0.4, 0.5) is 0 Å². The average Bonchev–Trinajstić information content (AvgIpc) is 2.96. The van der Waals surface area contributed by atoms with Crippen LogP contribution >= 0.6 is 15.9 Å². The fraction of sp³-hybridized carbons (Fsp3) is 0.600. The molecule has 1 unspecified atom stereocenters. The molecule has 1 atom stereocenters. The van der Waals surface area contributed by atoms with E-state index < -0.39 is 0 Å².